The standard InChI is InChI=1S/C20H23ClO2S/c21-17-13-11-16(12-14-17)8-4-2-1-3-7-15-24-19-10-6-5-9-18(19)20(22)23/h5-6,9-14H,1-4,7-8,15H2,(H,22,23). The molecule has 2 nitrogen and oxygen atoms in total. The fourth-order valence-electron chi connectivity index (χ4n) is 2.56. The number of aromatic carboxylic acids is 1. The zero-order valence-electron chi connectivity index (χ0n) is 13.7. The van der Waals surface area contributed by atoms with Gasteiger partial charge in [-0.3, -0.25) is 0 Å². The van der Waals surface area contributed by atoms with Crippen molar-refractivity contribution in [2.75, 3.05) is 5.75 Å². The minimum atomic E-state index is -0.847. The van der Waals surface area contributed by atoms with Crippen molar-refractivity contribution in [1.82, 2.24) is 0 Å². The van der Waals surface area contributed by atoms with Crippen LogP contribution < -0.4 is 0 Å². The molecule has 0 atom stereocenters. The quantitative estimate of drug-likeness (QED) is 0.396. The molecule has 0 fully saturated rings. The lowest BCUT2D eigenvalue weighted by Gasteiger charge is -2.06. The largest absolute Gasteiger partial charge is 0.478 e. The van der Waals surface area contributed by atoms with Gasteiger partial charge in [0.1, 0.15) is 0 Å². The van der Waals surface area contributed by atoms with E-state index in [9.17, 15) is 4.79 Å². The molecule has 0 aromatic heterocycles. The third kappa shape index (κ3) is 6.58. The van der Waals surface area contributed by atoms with E-state index in [1.54, 1.807) is 23.9 Å². The van der Waals surface area contributed by atoms with Crippen LogP contribution in [0, 0.1) is 0 Å². The zero-order chi connectivity index (χ0) is 17.2. The first-order chi connectivity index (χ1) is 11.7. The molecule has 4 heteroatoms. The fraction of sp³-hybridized carbons (Fsp3) is 0.350. The highest BCUT2D eigenvalue weighted by molar-refractivity contribution is 7.99. The van der Waals surface area contributed by atoms with Gasteiger partial charge in [-0.1, -0.05) is 55.1 Å². The molecule has 128 valence electrons. The van der Waals surface area contributed by atoms with E-state index >= 15 is 0 Å². The van der Waals surface area contributed by atoms with E-state index in [0.717, 1.165) is 28.5 Å². The zero-order valence-corrected chi connectivity index (χ0v) is 15.3. The molecule has 0 bridgehead atoms. The number of thioether (sulfide) groups is 1. The van der Waals surface area contributed by atoms with E-state index in [4.69, 9.17) is 16.7 Å². The normalized spacial score (nSPS) is 10.7. The Morgan fingerprint density at radius 1 is 0.917 bits per heavy atom. The molecule has 0 saturated heterocycles. The van der Waals surface area contributed by atoms with Crippen molar-refractivity contribution in [2.24, 2.45) is 0 Å². The van der Waals surface area contributed by atoms with Crippen molar-refractivity contribution < 1.29 is 9.90 Å². The van der Waals surface area contributed by atoms with Crippen molar-refractivity contribution in [3.05, 3.63) is 64.7 Å². The van der Waals surface area contributed by atoms with Crippen molar-refractivity contribution in [3.63, 3.8) is 0 Å². The van der Waals surface area contributed by atoms with E-state index in [1.807, 2.05) is 24.3 Å². The van der Waals surface area contributed by atoms with Crippen LogP contribution in [-0.2, 0) is 6.42 Å². The first-order valence-electron chi connectivity index (χ1n) is 8.36. The number of benzene rings is 2. The molecule has 2 rings (SSSR count). The molecule has 24 heavy (non-hydrogen) atoms. The van der Waals surface area contributed by atoms with E-state index in [2.05, 4.69) is 12.1 Å². The Labute approximate surface area is 153 Å². The summed E-state index contributed by atoms with van der Waals surface area (Å²) in [4.78, 5) is 12.0. The third-order valence-corrected chi connectivity index (χ3v) is 5.31. The molecule has 2 aromatic carbocycles. The van der Waals surface area contributed by atoms with Crippen LogP contribution in [0.25, 0.3) is 0 Å². The number of rotatable bonds is 10. The molecule has 0 amide bonds. The molecule has 0 aliphatic rings. The predicted molar refractivity (Wildman–Crippen MR) is 102 cm³/mol. The Balaban J connectivity index is 1.56. The minimum absolute atomic E-state index is 0.408. The van der Waals surface area contributed by atoms with Gasteiger partial charge in [0.2, 0.25) is 0 Å². The Bertz CT molecular complexity index is 640. The van der Waals surface area contributed by atoms with Crippen LogP contribution in [0.1, 0.15) is 48.0 Å². The highest BCUT2D eigenvalue weighted by atomic mass is 35.5. The number of hydrogen-bond acceptors (Lipinski definition) is 2. The lowest BCUT2D eigenvalue weighted by Crippen LogP contribution is -1.98. The van der Waals surface area contributed by atoms with Gasteiger partial charge < -0.3 is 5.11 Å². The van der Waals surface area contributed by atoms with Crippen LogP contribution in [0.2, 0.25) is 5.02 Å². The summed E-state index contributed by atoms with van der Waals surface area (Å²) in [6.45, 7) is 0. The smallest absolute Gasteiger partial charge is 0.336 e. The average molecular weight is 363 g/mol. The Morgan fingerprint density at radius 2 is 1.58 bits per heavy atom. The summed E-state index contributed by atoms with van der Waals surface area (Å²) in [5.41, 5.74) is 1.76. The predicted octanol–water partition coefficient (Wildman–Crippen LogP) is 6.32. The van der Waals surface area contributed by atoms with E-state index in [-0.39, 0.29) is 0 Å². The van der Waals surface area contributed by atoms with Gasteiger partial charge in [0, 0.05) is 9.92 Å². The number of halogens is 1. The summed E-state index contributed by atoms with van der Waals surface area (Å²) in [6.07, 6.45) is 7.10. The number of hydrogen-bond donors (Lipinski definition) is 1. The molecule has 0 spiro atoms. The van der Waals surface area contributed by atoms with Crippen LogP contribution in [0.3, 0.4) is 0 Å². The van der Waals surface area contributed by atoms with Gasteiger partial charge in [-0.05, 0) is 54.8 Å². The van der Waals surface area contributed by atoms with Crippen molar-refractivity contribution >= 4 is 29.3 Å². The second kappa shape index (κ2) is 10.4. The lowest BCUT2D eigenvalue weighted by atomic mass is 10.1. The Morgan fingerprint density at radius 3 is 2.33 bits per heavy atom. The van der Waals surface area contributed by atoms with Crippen LogP contribution in [-0.4, -0.2) is 16.8 Å². The summed E-state index contributed by atoms with van der Waals surface area (Å²) in [5, 5.41) is 9.95. The van der Waals surface area contributed by atoms with Gasteiger partial charge in [0.05, 0.1) is 5.56 Å². The van der Waals surface area contributed by atoms with Crippen molar-refractivity contribution in [3.8, 4) is 0 Å². The molecule has 1 N–H and O–H groups in total. The van der Waals surface area contributed by atoms with Crippen LogP contribution in [0.4, 0.5) is 0 Å². The summed E-state index contributed by atoms with van der Waals surface area (Å²) < 4.78 is 0. The number of unbranched alkanes of at least 4 members (excludes halogenated alkanes) is 4. The van der Waals surface area contributed by atoms with Crippen LogP contribution >= 0.6 is 23.4 Å². The van der Waals surface area contributed by atoms with E-state index < -0.39 is 5.97 Å². The van der Waals surface area contributed by atoms with Gasteiger partial charge in [0.15, 0.2) is 0 Å². The molecule has 0 aliphatic heterocycles. The minimum Gasteiger partial charge on any atom is -0.478 e. The second-order valence-electron chi connectivity index (χ2n) is 5.79. The maximum atomic E-state index is 11.1. The van der Waals surface area contributed by atoms with Gasteiger partial charge in [-0.15, -0.1) is 11.8 Å². The molecular weight excluding hydrogens is 340 g/mol. The number of carboxylic acids is 1. The van der Waals surface area contributed by atoms with Gasteiger partial charge >= 0.3 is 5.97 Å². The van der Waals surface area contributed by atoms with Crippen LogP contribution in [0.15, 0.2) is 53.4 Å². The summed E-state index contributed by atoms with van der Waals surface area (Å²) in [5.74, 6) is 0.127. The average Bonchev–Trinajstić information content (AvgIpc) is 2.59. The fourth-order valence-corrected chi connectivity index (χ4v) is 3.74. The molecule has 2 aromatic rings. The Kier molecular flexibility index (Phi) is 8.20. The van der Waals surface area contributed by atoms with Gasteiger partial charge in [-0.25, -0.2) is 4.79 Å². The number of carbonyl (C=O) groups is 1. The number of aryl methyl sites for hydroxylation is 1. The highest BCUT2D eigenvalue weighted by Gasteiger charge is 2.08. The second-order valence-corrected chi connectivity index (χ2v) is 7.37. The summed E-state index contributed by atoms with van der Waals surface area (Å²) >= 11 is 7.52. The monoisotopic (exact) mass is 362 g/mol. The van der Waals surface area contributed by atoms with Gasteiger partial charge in [-0.2, -0.15) is 0 Å². The molecule has 0 saturated carbocycles. The molecular formula is C20H23ClO2S. The highest BCUT2D eigenvalue weighted by Crippen LogP contribution is 2.24. The summed E-state index contributed by atoms with van der Waals surface area (Å²) in [7, 11) is 0. The van der Waals surface area contributed by atoms with Crippen molar-refractivity contribution in [1.29, 1.82) is 0 Å². The molecule has 0 heterocycles. The van der Waals surface area contributed by atoms with Crippen molar-refractivity contribution in [2.45, 2.75) is 43.4 Å². The third-order valence-electron chi connectivity index (χ3n) is 3.90. The van der Waals surface area contributed by atoms with E-state index in [1.165, 1.54) is 31.2 Å². The SMILES string of the molecule is O=C(O)c1ccccc1SCCCCCCCc1ccc(Cl)cc1. The van der Waals surface area contributed by atoms with Gasteiger partial charge in [0.25, 0.3) is 0 Å². The first-order valence-corrected chi connectivity index (χ1v) is 9.73. The maximum absolute atomic E-state index is 11.1. The summed E-state index contributed by atoms with van der Waals surface area (Å²) in [6, 6.07) is 15.3. The molecule has 0 unspecified atom stereocenters. The van der Waals surface area contributed by atoms with E-state index in [0.29, 0.717) is 5.56 Å². The van der Waals surface area contributed by atoms with Crippen LogP contribution in [0.5, 0.6) is 0 Å². The Hall–Kier alpha value is -1.45. The molecule has 0 radical (unpaired) electrons. The number of carboxylic acid groups (broad SMARTS) is 1. The molecule has 0 aliphatic carbocycles. The maximum Gasteiger partial charge on any atom is 0.336 e. The topological polar surface area (TPSA) is 37.3 Å². The first kappa shape index (κ1) is 18.9. The lowest BCUT2D eigenvalue weighted by molar-refractivity contribution is 0.0693.